The molecule has 1 aliphatic rings. The molecule has 0 spiro atoms. The van der Waals surface area contributed by atoms with Crippen LogP contribution in [0.4, 0.5) is 0 Å². The number of hydrogen-bond acceptors (Lipinski definition) is 4. The molecular formula is C29H39BrN2O3. The lowest BCUT2D eigenvalue weighted by molar-refractivity contribution is -0.904. The molecule has 1 fully saturated rings. The Morgan fingerprint density at radius 3 is 2.31 bits per heavy atom. The molecule has 35 heavy (non-hydrogen) atoms. The SMILES string of the molecule is C[N+](C)(CCOCCc1ccccc1)Cc1cnc(C(O)(c2ccccc2)C2CCCCC2)o1.[Br-]. The highest BCUT2D eigenvalue weighted by atomic mass is 79.9. The second-order valence-corrected chi connectivity index (χ2v) is 10.3. The fourth-order valence-electron chi connectivity index (χ4n) is 5.05. The van der Waals surface area contributed by atoms with E-state index in [1.165, 1.54) is 12.0 Å². The van der Waals surface area contributed by atoms with Gasteiger partial charge in [-0.1, -0.05) is 79.9 Å². The van der Waals surface area contributed by atoms with E-state index in [2.05, 4.69) is 43.3 Å². The summed E-state index contributed by atoms with van der Waals surface area (Å²) in [5.41, 5.74) is 0.989. The number of halogens is 1. The summed E-state index contributed by atoms with van der Waals surface area (Å²) in [4.78, 5) is 4.61. The second kappa shape index (κ2) is 12.8. The number of aromatic nitrogens is 1. The quantitative estimate of drug-likeness (QED) is 0.298. The molecular weight excluding hydrogens is 504 g/mol. The number of oxazole rings is 1. The van der Waals surface area contributed by atoms with E-state index in [0.717, 1.165) is 61.1 Å². The molecule has 1 unspecified atom stereocenters. The van der Waals surface area contributed by atoms with Crippen LogP contribution in [0, 0.1) is 5.92 Å². The van der Waals surface area contributed by atoms with Gasteiger partial charge in [-0.3, -0.25) is 0 Å². The number of aliphatic hydroxyl groups is 1. The van der Waals surface area contributed by atoms with Crippen molar-refractivity contribution in [1.29, 1.82) is 0 Å². The van der Waals surface area contributed by atoms with Crippen molar-refractivity contribution < 1.29 is 35.7 Å². The predicted octanol–water partition coefficient (Wildman–Crippen LogP) is 2.33. The maximum atomic E-state index is 12.0. The normalized spacial score (nSPS) is 16.4. The maximum Gasteiger partial charge on any atom is 0.231 e. The first-order valence-corrected chi connectivity index (χ1v) is 12.6. The molecule has 1 saturated carbocycles. The van der Waals surface area contributed by atoms with E-state index >= 15 is 0 Å². The first-order chi connectivity index (χ1) is 16.5. The number of nitrogens with zero attached hydrogens (tertiary/aromatic N) is 2. The van der Waals surface area contributed by atoms with Gasteiger partial charge in [0, 0.05) is 5.92 Å². The average molecular weight is 544 g/mol. The maximum absolute atomic E-state index is 12.0. The summed E-state index contributed by atoms with van der Waals surface area (Å²) in [6.07, 6.45) is 8.22. The third-order valence-electron chi connectivity index (χ3n) is 7.09. The summed E-state index contributed by atoms with van der Waals surface area (Å²) in [6.45, 7) is 2.99. The number of benzene rings is 2. The van der Waals surface area contributed by atoms with Crippen molar-refractivity contribution in [2.45, 2.75) is 50.7 Å². The van der Waals surface area contributed by atoms with Gasteiger partial charge in [0.25, 0.3) is 0 Å². The molecule has 1 atom stereocenters. The largest absolute Gasteiger partial charge is 1.00 e. The molecule has 0 aliphatic heterocycles. The lowest BCUT2D eigenvalue weighted by atomic mass is 9.73. The average Bonchev–Trinajstić information content (AvgIpc) is 3.33. The molecule has 1 aliphatic carbocycles. The van der Waals surface area contributed by atoms with Crippen LogP contribution in [0.5, 0.6) is 0 Å². The van der Waals surface area contributed by atoms with Crippen molar-refractivity contribution in [3.63, 3.8) is 0 Å². The van der Waals surface area contributed by atoms with Gasteiger partial charge in [-0.05, 0) is 30.4 Å². The van der Waals surface area contributed by atoms with Gasteiger partial charge in [0.05, 0.1) is 33.5 Å². The van der Waals surface area contributed by atoms with E-state index in [4.69, 9.17) is 9.15 Å². The summed E-state index contributed by atoms with van der Waals surface area (Å²) in [5, 5.41) is 12.0. The fraction of sp³-hybridized carbons (Fsp3) is 0.483. The predicted molar refractivity (Wildman–Crippen MR) is 134 cm³/mol. The molecule has 0 bridgehead atoms. The number of likely N-dealkylation sites (N-methyl/N-ethyl adjacent to an activating group) is 1. The third kappa shape index (κ3) is 7.26. The zero-order valence-electron chi connectivity index (χ0n) is 21.0. The molecule has 0 radical (unpaired) electrons. The third-order valence-corrected chi connectivity index (χ3v) is 7.09. The Morgan fingerprint density at radius 2 is 1.63 bits per heavy atom. The van der Waals surface area contributed by atoms with E-state index in [1.807, 2.05) is 36.4 Å². The van der Waals surface area contributed by atoms with Crippen molar-refractivity contribution >= 4 is 0 Å². The number of hydrogen-bond donors (Lipinski definition) is 1. The molecule has 6 heteroatoms. The van der Waals surface area contributed by atoms with E-state index in [0.29, 0.717) is 19.0 Å². The fourth-order valence-corrected chi connectivity index (χ4v) is 5.05. The number of rotatable bonds is 11. The molecule has 0 amide bonds. The molecule has 1 N–H and O–H groups in total. The Morgan fingerprint density at radius 1 is 0.971 bits per heavy atom. The van der Waals surface area contributed by atoms with Gasteiger partial charge in [-0.25, -0.2) is 4.98 Å². The highest BCUT2D eigenvalue weighted by Gasteiger charge is 2.44. The monoisotopic (exact) mass is 542 g/mol. The van der Waals surface area contributed by atoms with Crippen molar-refractivity contribution in [3.8, 4) is 0 Å². The van der Waals surface area contributed by atoms with Gasteiger partial charge in [0.1, 0.15) is 13.1 Å². The lowest BCUT2D eigenvalue weighted by Gasteiger charge is -2.36. The molecule has 2 aromatic carbocycles. The molecule has 1 aromatic heterocycles. The summed E-state index contributed by atoms with van der Waals surface area (Å²) < 4.78 is 12.9. The second-order valence-electron chi connectivity index (χ2n) is 10.3. The molecule has 1 heterocycles. The lowest BCUT2D eigenvalue weighted by Crippen LogP contribution is -3.00. The summed E-state index contributed by atoms with van der Waals surface area (Å²) in [5.74, 6) is 1.35. The standard InChI is InChI=1S/C29H39N2O3.BrH/c1-31(2,19-21-33-20-18-24-12-6-3-7-13-24)23-27-22-30-28(34-27)29(32,25-14-8-4-9-15-25)26-16-10-5-11-17-26;/h3-4,6-9,12-15,22,26,32H,5,10-11,16-21,23H2,1-2H3;1H/q+1;/p-1. The van der Waals surface area contributed by atoms with E-state index in [9.17, 15) is 5.11 Å². The Kier molecular flexibility index (Phi) is 10.1. The van der Waals surface area contributed by atoms with Crippen LogP contribution in [-0.2, 0) is 23.3 Å². The van der Waals surface area contributed by atoms with E-state index in [1.54, 1.807) is 6.20 Å². The first kappa shape index (κ1) is 27.6. The van der Waals surface area contributed by atoms with Gasteiger partial charge in [-0.2, -0.15) is 0 Å². The molecule has 0 saturated heterocycles. The van der Waals surface area contributed by atoms with Crippen LogP contribution in [0.25, 0.3) is 0 Å². The van der Waals surface area contributed by atoms with Crippen LogP contribution in [0.15, 0.2) is 71.3 Å². The number of ether oxygens (including phenoxy) is 1. The Bertz CT molecular complexity index is 1000. The summed E-state index contributed by atoms with van der Waals surface area (Å²) in [6, 6.07) is 20.3. The summed E-state index contributed by atoms with van der Waals surface area (Å²) >= 11 is 0. The van der Waals surface area contributed by atoms with Crippen LogP contribution >= 0.6 is 0 Å². The highest BCUT2D eigenvalue weighted by molar-refractivity contribution is 5.30. The highest BCUT2D eigenvalue weighted by Crippen LogP contribution is 2.43. The molecule has 5 nitrogen and oxygen atoms in total. The van der Waals surface area contributed by atoms with Crippen LogP contribution in [0.3, 0.4) is 0 Å². The van der Waals surface area contributed by atoms with Gasteiger partial charge in [0.15, 0.2) is 11.4 Å². The zero-order chi connectivity index (χ0) is 23.9. The molecule has 190 valence electrons. The van der Waals surface area contributed by atoms with E-state index < -0.39 is 5.60 Å². The van der Waals surface area contributed by atoms with Crippen molar-refractivity contribution in [2.75, 3.05) is 33.9 Å². The minimum absolute atomic E-state index is 0. The Labute approximate surface area is 220 Å². The topological polar surface area (TPSA) is 55.5 Å². The van der Waals surface area contributed by atoms with Crippen molar-refractivity contribution in [3.05, 3.63) is 89.6 Å². The van der Waals surface area contributed by atoms with Gasteiger partial charge >= 0.3 is 0 Å². The zero-order valence-corrected chi connectivity index (χ0v) is 22.6. The van der Waals surface area contributed by atoms with Crippen LogP contribution in [0.1, 0.15) is 54.9 Å². The minimum atomic E-state index is -1.18. The Hall–Kier alpha value is -1.99. The van der Waals surface area contributed by atoms with Crippen LogP contribution in [-0.4, -0.2) is 48.4 Å². The number of quaternary nitrogens is 1. The van der Waals surface area contributed by atoms with Crippen molar-refractivity contribution in [1.82, 2.24) is 4.98 Å². The van der Waals surface area contributed by atoms with Gasteiger partial charge < -0.3 is 35.7 Å². The van der Waals surface area contributed by atoms with Gasteiger partial charge in [0.2, 0.25) is 5.89 Å². The molecule has 3 aromatic rings. The van der Waals surface area contributed by atoms with Crippen LogP contribution < -0.4 is 17.0 Å². The summed E-state index contributed by atoms with van der Waals surface area (Å²) in [7, 11) is 4.35. The molecule has 4 rings (SSSR count). The smallest absolute Gasteiger partial charge is 0.231 e. The van der Waals surface area contributed by atoms with Crippen LogP contribution in [0.2, 0.25) is 0 Å². The Balaban J connectivity index is 0.00000342. The van der Waals surface area contributed by atoms with E-state index in [-0.39, 0.29) is 22.9 Å². The minimum Gasteiger partial charge on any atom is -1.00 e. The van der Waals surface area contributed by atoms with Crippen molar-refractivity contribution in [2.24, 2.45) is 5.92 Å². The first-order valence-electron chi connectivity index (χ1n) is 12.6. The van der Waals surface area contributed by atoms with Gasteiger partial charge in [-0.15, -0.1) is 0 Å².